The molecule has 96 valence electrons. The number of rotatable bonds is 1. The summed E-state index contributed by atoms with van der Waals surface area (Å²) in [5, 5.41) is 0. The minimum atomic E-state index is -3.24. The Hall–Kier alpha value is -1.79. The van der Waals surface area contributed by atoms with Crippen molar-refractivity contribution in [3.05, 3.63) is 46.6 Å². The molecule has 1 aliphatic heterocycles. The molecule has 19 heavy (non-hydrogen) atoms. The van der Waals surface area contributed by atoms with Gasteiger partial charge in [-0.15, -0.1) is 11.3 Å². The van der Waals surface area contributed by atoms with E-state index in [-0.39, 0.29) is 10.3 Å². The molecule has 1 heterocycles. The number of sulfone groups is 1. The van der Waals surface area contributed by atoms with Gasteiger partial charge < -0.3 is 0 Å². The second-order valence-corrected chi connectivity index (χ2v) is 7.32. The zero-order valence-electron chi connectivity index (χ0n) is 9.95. The Morgan fingerprint density at radius 2 is 1.95 bits per heavy atom. The van der Waals surface area contributed by atoms with Crippen molar-refractivity contribution < 1.29 is 8.42 Å². The highest BCUT2D eigenvalue weighted by atomic mass is 32.2. The highest BCUT2D eigenvalue weighted by Crippen LogP contribution is 2.29. The van der Waals surface area contributed by atoms with Crippen LogP contribution in [0.2, 0.25) is 0 Å². The SMILES string of the molecule is CS(=O)(=O)c1ccc2nc3c(=O)cccc-3sc2c1. The summed E-state index contributed by atoms with van der Waals surface area (Å²) < 4.78 is 23.8. The van der Waals surface area contributed by atoms with E-state index in [1.54, 1.807) is 24.3 Å². The summed E-state index contributed by atoms with van der Waals surface area (Å²) in [7, 11) is -3.24. The Bertz CT molecular complexity index is 913. The lowest BCUT2D eigenvalue weighted by Gasteiger charge is -2.06. The number of hydrogen-bond donors (Lipinski definition) is 0. The van der Waals surface area contributed by atoms with Crippen LogP contribution in [0, 0.1) is 0 Å². The summed E-state index contributed by atoms with van der Waals surface area (Å²) in [6.45, 7) is 0. The highest BCUT2D eigenvalue weighted by molar-refractivity contribution is 7.90. The summed E-state index contributed by atoms with van der Waals surface area (Å²) in [5.41, 5.74) is 0.933. The van der Waals surface area contributed by atoms with Gasteiger partial charge in [0.1, 0.15) is 5.69 Å². The topological polar surface area (TPSA) is 64.1 Å². The first-order valence-electron chi connectivity index (χ1n) is 5.49. The van der Waals surface area contributed by atoms with Gasteiger partial charge in [0.15, 0.2) is 9.84 Å². The third-order valence-electron chi connectivity index (χ3n) is 2.77. The summed E-state index contributed by atoms with van der Waals surface area (Å²) in [6.07, 6.45) is 1.17. The molecular weight excluding hydrogens is 282 g/mol. The molecule has 0 unspecified atom stereocenters. The van der Waals surface area contributed by atoms with E-state index in [1.807, 2.05) is 0 Å². The number of nitrogens with zero attached hydrogens (tertiary/aromatic N) is 1. The van der Waals surface area contributed by atoms with E-state index in [4.69, 9.17) is 0 Å². The first-order chi connectivity index (χ1) is 8.95. The van der Waals surface area contributed by atoms with Crippen molar-refractivity contribution in [1.29, 1.82) is 0 Å². The van der Waals surface area contributed by atoms with Crippen LogP contribution in [0.4, 0.5) is 0 Å². The molecule has 1 aromatic rings. The second-order valence-electron chi connectivity index (χ2n) is 4.22. The van der Waals surface area contributed by atoms with Gasteiger partial charge in [-0.25, -0.2) is 13.4 Å². The van der Waals surface area contributed by atoms with Crippen LogP contribution in [0.5, 0.6) is 0 Å². The van der Waals surface area contributed by atoms with Crippen molar-refractivity contribution in [2.24, 2.45) is 0 Å². The van der Waals surface area contributed by atoms with Crippen molar-refractivity contribution >= 4 is 31.4 Å². The van der Waals surface area contributed by atoms with Crippen molar-refractivity contribution in [2.45, 2.75) is 4.90 Å². The molecule has 2 aliphatic rings. The number of fused-ring (bicyclic) bond motifs is 2. The molecule has 0 bridgehead atoms. The zero-order chi connectivity index (χ0) is 13.6. The van der Waals surface area contributed by atoms with E-state index >= 15 is 0 Å². The number of benzene rings is 2. The average Bonchev–Trinajstić information content (AvgIpc) is 2.35. The molecule has 6 heteroatoms. The molecule has 0 spiro atoms. The molecule has 1 aromatic carbocycles. The highest BCUT2D eigenvalue weighted by Gasteiger charge is 2.12. The van der Waals surface area contributed by atoms with Crippen molar-refractivity contribution in [2.75, 3.05) is 6.26 Å². The fraction of sp³-hybridized carbons (Fsp3) is 0.0769. The van der Waals surface area contributed by atoms with Gasteiger partial charge in [-0.05, 0) is 30.3 Å². The third kappa shape index (κ3) is 2.13. The quantitative estimate of drug-likeness (QED) is 0.645. The van der Waals surface area contributed by atoms with Crippen molar-refractivity contribution in [1.82, 2.24) is 4.98 Å². The standard InChI is InChI=1S/C13H9NO3S2/c1-19(16,17)8-5-6-9-12(7-8)18-11-4-2-3-10(15)13(11)14-9/h2-7H,1H3. The Morgan fingerprint density at radius 1 is 1.16 bits per heavy atom. The molecule has 3 rings (SSSR count). The van der Waals surface area contributed by atoms with Crippen LogP contribution in [0.25, 0.3) is 20.8 Å². The zero-order valence-corrected chi connectivity index (χ0v) is 11.6. The van der Waals surface area contributed by atoms with Crippen LogP contribution in [-0.2, 0) is 9.84 Å². The first-order valence-corrected chi connectivity index (χ1v) is 8.20. The van der Waals surface area contributed by atoms with Gasteiger partial charge in [-0.2, -0.15) is 0 Å². The lowest BCUT2D eigenvalue weighted by Crippen LogP contribution is -2.05. The molecule has 0 atom stereocenters. The summed E-state index contributed by atoms with van der Waals surface area (Å²) >= 11 is 1.37. The first kappa shape index (κ1) is 12.3. The monoisotopic (exact) mass is 291 g/mol. The molecule has 0 amide bonds. The molecule has 0 saturated heterocycles. The maximum absolute atomic E-state index is 11.7. The van der Waals surface area contributed by atoms with Gasteiger partial charge >= 0.3 is 0 Å². The van der Waals surface area contributed by atoms with Gasteiger partial charge in [0, 0.05) is 6.26 Å². The van der Waals surface area contributed by atoms with Crippen LogP contribution in [-0.4, -0.2) is 19.7 Å². The molecular formula is C13H9NO3S2. The third-order valence-corrected chi connectivity index (χ3v) is 4.98. The molecule has 0 saturated carbocycles. The Balaban J connectivity index is 2.40. The predicted octanol–water partition coefficient (Wildman–Crippen LogP) is 2.16. The van der Waals surface area contributed by atoms with Crippen LogP contribution in [0.3, 0.4) is 0 Å². The minimum Gasteiger partial charge on any atom is -0.287 e. The van der Waals surface area contributed by atoms with Crippen LogP contribution in [0.15, 0.2) is 46.1 Å². The van der Waals surface area contributed by atoms with Gasteiger partial charge in [-0.1, -0.05) is 6.07 Å². The van der Waals surface area contributed by atoms with Gasteiger partial charge in [0.2, 0.25) is 5.43 Å². The van der Waals surface area contributed by atoms with Crippen molar-refractivity contribution in [3.8, 4) is 10.6 Å². The van der Waals surface area contributed by atoms with Gasteiger partial charge in [-0.3, -0.25) is 4.79 Å². The van der Waals surface area contributed by atoms with E-state index in [2.05, 4.69) is 4.98 Å². The van der Waals surface area contributed by atoms with E-state index < -0.39 is 9.84 Å². The summed E-state index contributed by atoms with van der Waals surface area (Å²) in [6, 6.07) is 9.69. The smallest absolute Gasteiger partial charge is 0.205 e. The number of para-hydroxylation sites is 1. The molecule has 4 nitrogen and oxygen atoms in total. The summed E-state index contributed by atoms with van der Waals surface area (Å²) in [4.78, 5) is 17.0. The maximum atomic E-state index is 11.7. The Labute approximate surface area is 113 Å². The van der Waals surface area contributed by atoms with Gasteiger partial charge in [0.25, 0.3) is 0 Å². The van der Waals surface area contributed by atoms with E-state index in [1.165, 1.54) is 29.7 Å². The largest absolute Gasteiger partial charge is 0.287 e. The molecule has 0 radical (unpaired) electrons. The molecule has 0 fully saturated rings. The normalized spacial score (nSPS) is 12.1. The van der Waals surface area contributed by atoms with E-state index in [0.29, 0.717) is 11.2 Å². The van der Waals surface area contributed by atoms with Crippen molar-refractivity contribution in [3.63, 3.8) is 0 Å². The van der Waals surface area contributed by atoms with E-state index in [9.17, 15) is 13.2 Å². The van der Waals surface area contributed by atoms with Crippen LogP contribution >= 0.6 is 11.3 Å². The van der Waals surface area contributed by atoms with Gasteiger partial charge in [0.05, 0.1) is 20.0 Å². The lowest BCUT2D eigenvalue weighted by molar-refractivity contribution is 0.602. The molecule has 1 aliphatic carbocycles. The average molecular weight is 291 g/mol. The lowest BCUT2D eigenvalue weighted by atomic mass is 10.2. The summed E-state index contributed by atoms with van der Waals surface area (Å²) in [5.74, 6) is 0. The maximum Gasteiger partial charge on any atom is 0.205 e. The Kier molecular flexibility index (Phi) is 2.65. The van der Waals surface area contributed by atoms with Crippen LogP contribution < -0.4 is 5.43 Å². The fourth-order valence-electron chi connectivity index (χ4n) is 1.83. The fourth-order valence-corrected chi connectivity index (χ4v) is 3.59. The number of aromatic nitrogens is 1. The second kappa shape index (κ2) is 4.11. The van der Waals surface area contributed by atoms with E-state index in [0.717, 1.165) is 9.58 Å². The molecule has 0 aromatic heterocycles. The Morgan fingerprint density at radius 3 is 2.68 bits per heavy atom. The minimum absolute atomic E-state index is 0.122. The van der Waals surface area contributed by atoms with Crippen LogP contribution in [0.1, 0.15) is 0 Å². The number of hydrogen-bond acceptors (Lipinski definition) is 5. The molecule has 0 N–H and O–H groups in total. The predicted molar refractivity (Wildman–Crippen MR) is 75.6 cm³/mol.